The van der Waals surface area contributed by atoms with Crippen LogP contribution < -0.4 is 20.9 Å². The number of piperidine rings is 1. The summed E-state index contributed by atoms with van der Waals surface area (Å²) in [6.07, 6.45) is 5.26. The van der Waals surface area contributed by atoms with E-state index in [1.165, 1.54) is 11.4 Å². The Balaban J connectivity index is 1.35. The Morgan fingerprint density at radius 2 is 1.90 bits per heavy atom. The van der Waals surface area contributed by atoms with E-state index in [1.807, 2.05) is 6.20 Å². The average Bonchev–Trinajstić information content (AvgIpc) is 2.79. The van der Waals surface area contributed by atoms with Gasteiger partial charge in [0.15, 0.2) is 0 Å². The summed E-state index contributed by atoms with van der Waals surface area (Å²) in [7, 11) is 0. The smallest absolute Gasteiger partial charge is 0.217 e. The highest BCUT2D eigenvalue weighted by Gasteiger charge is 2.21. The van der Waals surface area contributed by atoms with Crippen molar-refractivity contribution in [3.05, 3.63) is 48.2 Å². The van der Waals surface area contributed by atoms with Crippen LogP contribution in [0.1, 0.15) is 24.8 Å². The third kappa shape index (κ3) is 5.42. The summed E-state index contributed by atoms with van der Waals surface area (Å²) in [4.78, 5) is 20.3. The van der Waals surface area contributed by atoms with E-state index < -0.39 is 0 Å². The van der Waals surface area contributed by atoms with Gasteiger partial charge in [0.05, 0.1) is 13.2 Å². The minimum Gasteiger partial charge on any atom is -0.378 e. The fourth-order valence-corrected chi connectivity index (χ4v) is 4.20. The number of carbonyl (C=O) groups excluding carboxylic acids is 1. The third-order valence-electron chi connectivity index (χ3n) is 5.85. The lowest BCUT2D eigenvalue weighted by Gasteiger charge is -2.35. The first kappa shape index (κ1) is 20.5. The van der Waals surface area contributed by atoms with Crippen LogP contribution in [0.2, 0.25) is 0 Å². The quantitative estimate of drug-likeness (QED) is 0.731. The molecule has 2 aliphatic heterocycles. The molecule has 4 rings (SSSR count). The van der Waals surface area contributed by atoms with Gasteiger partial charge in [-0.05, 0) is 43.0 Å². The van der Waals surface area contributed by atoms with Crippen LogP contribution in [-0.2, 0) is 16.0 Å². The molecule has 0 bridgehead atoms. The van der Waals surface area contributed by atoms with Crippen molar-refractivity contribution >= 4 is 23.1 Å². The molecule has 1 aromatic carbocycles. The maximum Gasteiger partial charge on any atom is 0.217 e. The summed E-state index contributed by atoms with van der Waals surface area (Å²) in [5.74, 6) is 0.683. The van der Waals surface area contributed by atoms with Gasteiger partial charge < -0.3 is 25.6 Å². The molecule has 1 aromatic heterocycles. The fraction of sp³-hybridized carbons (Fsp3) is 0.478. The summed E-state index contributed by atoms with van der Waals surface area (Å²) < 4.78 is 5.46. The van der Waals surface area contributed by atoms with Gasteiger partial charge >= 0.3 is 0 Å². The molecule has 3 N–H and O–H groups in total. The van der Waals surface area contributed by atoms with Gasteiger partial charge in [-0.2, -0.15) is 0 Å². The van der Waals surface area contributed by atoms with Gasteiger partial charge in [0.25, 0.3) is 0 Å². The second-order valence-electron chi connectivity index (χ2n) is 8.06. The molecular formula is C23H31N5O2. The number of anilines is 3. The number of primary amides is 1. The number of hydrogen-bond donors (Lipinski definition) is 2. The topological polar surface area (TPSA) is 83.7 Å². The van der Waals surface area contributed by atoms with Gasteiger partial charge in [-0.3, -0.25) is 4.79 Å². The predicted octanol–water partition coefficient (Wildman–Crippen LogP) is 2.42. The molecule has 0 radical (unpaired) electrons. The number of pyridine rings is 1. The van der Waals surface area contributed by atoms with Crippen LogP contribution in [0.4, 0.5) is 17.2 Å². The van der Waals surface area contributed by atoms with Crippen molar-refractivity contribution in [1.29, 1.82) is 0 Å². The largest absolute Gasteiger partial charge is 0.378 e. The molecule has 2 aliphatic rings. The fourth-order valence-electron chi connectivity index (χ4n) is 4.20. The zero-order chi connectivity index (χ0) is 20.8. The monoisotopic (exact) mass is 409 g/mol. The minimum absolute atomic E-state index is 0.254. The Hall–Kier alpha value is -2.80. The van der Waals surface area contributed by atoms with Crippen LogP contribution in [0.3, 0.4) is 0 Å². The van der Waals surface area contributed by atoms with Crippen molar-refractivity contribution < 1.29 is 9.53 Å². The summed E-state index contributed by atoms with van der Waals surface area (Å²) in [6.45, 7) is 5.42. The molecule has 7 heteroatoms. The summed E-state index contributed by atoms with van der Waals surface area (Å²) in [5, 5.41) is 3.64. The number of rotatable bonds is 7. The summed E-state index contributed by atoms with van der Waals surface area (Å²) in [6, 6.07) is 13.1. The van der Waals surface area contributed by atoms with Crippen molar-refractivity contribution in [3.8, 4) is 0 Å². The highest BCUT2D eigenvalue weighted by atomic mass is 16.5. The van der Waals surface area contributed by atoms with Crippen LogP contribution in [-0.4, -0.2) is 56.3 Å². The Labute approximate surface area is 178 Å². The van der Waals surface area contributed by atoms with Crippen LogP contribution in [0, 0.1) is 0 Å². The zero-order valence-electron chi connectivity index (χ0n) is 17.4. The molecule has 30 heavy (non-hydrogen) atoms. The van der Waals surface area contributed by atoms with E-state index in [1.54, 1.807) is 0 Å². The molecular weight excluding hydrogens is 378 g/mol. The molecule has 7 nitrogen and oxygen atoms in total. The number of aromatic nitrogens is 1. The molecule has 2 fully saturated rings. The van der Waals surface area contributed by atoms with E-state index in [-0.39, 0.29) is 5.91 Å². The molecule has 0 spiro atoms. The maximum absolute atomic E-state index is 11.0. The molecule has 1 amide bonds. The van der Waals surface area contributed by atoms with Crippen molar-refractivity contribution in [1.82, 2.24) is 4.98 Å². The summed E-state index contributed by atoms with van der Waals surface area (Å²) >= 11 is 0. The Bertz CT molecular complexity index is 836. The van der Waals surface area contributed by atoms with Gasteiger partial charge in [-0.25, -0.2) is 4.98 Å². The van der Waals surface area contributed by atoms with Gasteiger partial charge in [0, 0.05) is 62.3 Å². The highest BCUT2D eigenvalue weighted by molar-refractivity contribution is 5.74. The first-order chi connectivity index (χ1) is 14.7. The predicted molar refractivity (Wildman–Crippen MR) is 120 cm³/mol. The van der Waals surface area contributed by atoms with E-state index in [9.17, 15) is 4.79 Å². The molecule has 2 saturated heterocycles. The number of nitrogens with two attached hydrogens (primary N) is 1. The number of aryl methyl sites for hydroxylation is 1. The number of morpholine rings is 1. The van der Waals surface area contributed by atoms with E-state index in [4.69, 9.17) is 10.5 Å². The lowest BCUT2D eigenvalue weighted by Crippen LogP contribution is -2.42. The molecule has 160 valence electrons. The molecule has 2 aromatic rings. The standard InChI is InChI=1S/C23H31N5O2/c24-22(29)8-5-18-3-6-20(7-4-18)28-11-1-2-19(17-28)26-23-16-21(9-10-25-23)27-12-14-30-15-13-27/h3-4,6-7,9-10,16,19H,1-2,5,8,11-15,17H2,(H2,24,29)(H,25,26)/t19-/m1/s1. The van der Waals surface area contributed by atoms with E-state index in [0.717, 1.165) is 63.6 Å². The van der Waals surface area contributed by atoms with Crippen molar-refractivity contribution in [3.63, 3.8) is 0 Å². The van der Waals surface area contributed by atoms with Crippen molar-refractivity contribution in [2.24, 2.45) is 5.73 Å². The first-order valence-electron chi connectivity index (χ1n) is 10.8. The number of ether oxygens (including phenoxy) is 1. The second-order valence-corrected chi connectivity index (χ2v) is 8.06. The zero-order valence-corrected chi connectivity index (χ0v) is 17.4. The maximum atomic E-state index is 11.0. The first-order valence-corrected chi connectivity index (χ1v) is 10.8. The van der Waals surface area contributed by atoms with E-state index in [0.29, 0.717) is 18.9 Å². The SMILES string of the molecule is NC(=O)CCc1ccc(N2CCC[C@@H](Nc3cc(N4CCOCC4)ccn3)C2)cc1. The molecule has 0 saturated carbocycles. The lowest BCUT2D eigenvalue weighted by atomic mass is 10.0. The number of nitrogens with zero attached hydrogens (tertiary/aromatic N) is 3. The molecule has 0 aliphatic carbocycles. The molecule has 0 unspecified atom stereocenters. The van der Waals surface area contributed by atoms with Crippen LogP contribution in [0.15, 0.2) is 42.6 Å². The lowest BCUT2D eigenvalue weighted by molar-refractivity contribution is -0.117. The normalized spacial score (nSPS) is 19.5. The number of hydrogen-bond acceptors (Lipinski definition) is 6. The average molecular weight is 410 g/mol. The van der Waals surface area contributed by atoms with E-state index >= 15 is 0 Å². The number of nitrogens with one attached hydrogen (secondary N) is 1. The van der Waals surface area contributed by atoms with Crippen LogP contribution in [0.25, 0.3) is 0 Å². The minimum atomic E-state index is -0.254. The van der Waals surface area contributed by atoms with Crippen LogP contribution in [0.5, 0.6) is 0 Å². The van der Waals surface area contributed by atoms with Crippen LogP contribution >= 0.6 is 0 Å². The van der Waals surface area contributed by atoms with Crippen molar-refractivity contribution in [2.75, 3.05) is 54.5 Å². The summed E-state index contributed by atoms with van der Waals surface area (Å²) in [5.41, 5.74) is 8.82. The number of benzene rings is 1. The van der Waals surface area contributed by atoms with E-state index in [2.05, 4.69) is 56.5 Å². The number of amides is 1. The van der Waals surface area contributed by atoms with Gasteiger partial charge in [0.2, 0.25) is 5.91 Å². The van der Waals surface area contributed by atoms with Gasteiger partial charge in [-0.1, -0.05) is 12.1 Å². The van der Waals surface area contributed by atoms with Gasteiger partial charge in [0.1, 0.15) is 5.82 Å². The van der Waals surface area contributed by atoms with Gasteiger partial charge in [-0.15, -0.1) is 0 Å². The highest BCUT2D eigenvalue weighted by Crippen LogP contribution is 2.24. The molecule has 3 heterocycles. The number of carbonyl (C=O) groups is 1. The second kappa shape index (κ2) is 9.80. The Morgan fingerprint density at radius 3 is 2.67 bits per heavy atom. The molecule has 1 atom stereocenters. The Morgan fingerprint density at radius 1 is 1.10 bits per heavy atom. The Kier molecular flexibility index (Phi) is 6.69. The van der Waals surface area contributed by atoms with Crippen molar-refractivity contribution in [2.45, 2.75) is 31.7 Å². The third-order valence-corrected chi connectivity index (χ3v) is 5.85.